The van der Waals surface area contributed by atoms with Crippen LogP contribution >= 0.6 is 0 Å². The predicted molar refractivity (Wildman–Crippen MR) is 68.6 cm³/mol. The van der Waals surface area contributed by atoms with Gasteiger partial charge in [0.15, 0.2) is 0 Å². The summed E-state index contributed by atoms with van der Waals surface area (Å²) >= 11 is 0. The zero-order chi connectivity index (χ0) is 13.1. The van der Waals surface area contributed by atoms with Gasteiger partial charge in [0.1, 0.15) is 5.82 Å². The van der Waals surface area contributed by atoms with Gasteiger partial charge in [0.2, 0.25) is 0 Å². The number of carboxylic acids is 1. The molecule has 0 saturated heterocycles. The molecule has 0 amide bonds. The number of hydrogen-bond donors (Lipinski definition) is 1. The fourth-order valence-corrected chi connectivity index (χ4v) is 2.71. The van der Waals surface area contributed by atoms with E-state index in [0.717, 1.165) is 25.5 Å². The third kappa shape index (κ3) is 2.47. The molecule has 0 spiro atoms. The van der Waals surface area contributed by atoms with Crippen molar-refractivity contribution in [1.82, 2.24) is 0 Å². The zero-order valence-electron chi connectivity index (χ0n) is 10.5. The van der Waals surface area contributed by atoms with Gasteiger partial charge in [0, 0.05) is 12.6 Å². The molecular formula is C14H18FNO2. The smallest absolute Gasteiger partial charge is 0.335 e. The molecular weight excluding hydrogens is 233 g/mol. The quantitative estimate of drug-likeness (QED) is 0.892. The van der Waals surface area contributed by atoms with Crippen LogP contribution in [0, 0.1) is 5.82 Å². The second-order valence-electron chi connectivity index (χ2n) is 4.70. The van der Waals surface area contributed by atoms with E-state index in [1.165, 1.54) is 18.9 Å². The molecule has 0 aromatic heterocycles. The van der Waals surface area contributed by atoms with Gasteiger partial charge in [-0.15, -0.1) is 0 Å². The van der Waals surface area contributed by atoms with E-state index in [-0.39, 0.29) is 5.56 Å². The summed E-state index contributed by atoms with van der Waals surface area (Å²) in [5.74, 6) is -1.53. The Labute approximate surface area is 106 Å². The Morgan fingerprint density at radius 2 is 2.11 bits per heavy atom. The summed E-state index contributed by atoms with van der Waals surface area (Å²) in [6.07, 6.45) is 4.56. The van der Waals surface area contributed by atoms with Crippen molar-refractivity contribution < 1.29 is 14.3 Å². The number of benzene rings is 1. The Bertz CT molecular complexity index is 441. The first kappa shape index (κ1) is 12.9. The van der Waals surface area contributed by atoms with Crippen LogP contribution in [0.15, 0.2) is 18.2 Å². The Hall–Kier alpha value is -1.58. The third-order valence-electron chi connectivity index (χ3n) is 3.61. The second-order valence-corrected chi connectivity index (χ2v) is 4.70. The van der Waals surface area contributed by atoms with Crippen molar-refractivity contribution in [3.63, 3.8) is 0 Å². The largest absolute Gasteiger partial charge is 0.478 e. The molecule has 3 nitrogen and oxygen atoms in total. The van der Waals surface area contributed by atoms with E-state index in [1.807, 2.05) is 11.8 Å². The van der Waals surface area contributed by atoms with Crippen LogP contribution < -0.4 is 4.90 Å². The highest BCUT2D eigenvalue weighted by Crippen LogP contribution is 2.30. The fourth-order valence-electron chi connectivity index (χ4n) is 2.71. The Kier molecular flexibility index (Phi) is 3.84. The van der Waals surface area contributed by atoms with Crippen molar-refractivity contribution in [3.05, 3.63) is 29.6 Å². The maximum atomic E-state index is 14.0. The lowest BCUT2D eigenvalue weighted by Crippen LogP contribution is -2.33. The van der Waals surface area contributed by atoms with Crippen molar-refractivity contribution >= 4 is 11.7 Å². The molecule has 1 aromatic rings. The molecule has 1 aliphatic carbocycles. The minimum atomic E-state index is -1.09. The SMILES string of the molecule is CCN(c1ccc(C(=O)O)cc1F)C1CCCC1. The molecule has 98 valence electrons. The Balaban J connectivity index is 2.27. The number of hydrogen-bond acceptors (Lipinski definition) is 2. The van der Waals surface area contributed by atoms with Crippen molar-refractivity contribution in [3.8, 4) is 0 Å². The van der Waals surface area contributed by atoms with Gasteiger partial charge in [-0.1, -0.05) is 12.8 Å². The maximum Gasteiger partial charge on any atom is 0.335 e. The van der Waals surface area contributed by atoms with Gasteiger partial charge in [0.05, 0.1) is 11.3 Å². The summed E-state index contributed by atoms with van der Waals surface area (Å²) in [4.78, 5) is 12.8. The van der Waals surface area contributed by atoms with E-state index >= 15 is 0 Å². The molecule has 1 N–H and O–H groups in total. The van der Waals surface area contributed by atoms with Crippen LogP contribution in [0.1, 0.15) is 43.0 Å². The minimum Gasteiger partial charge on any atom is -0.478 e. The predicted octanol–water partition coefficient (Wildman–Crippen LogP) is 3.29. The molecule has 0 unspecified atom stereocenters. The maximum absolute atomic E-state index is 14.0. The average Bonchev–Trinajstić information content (AvgIpc) is 2.85. The summed E-state index contributed by atoms with van der Waals surface area (Å²) in [7, 11) is 0. The van der Waals surface area contributed by atoms with E-state index in [1.54, 1.807) is 6.07 Å². The number of anilines is 1. The first-order valence-electron chi connectivity index (χ1n) is 6.43. The van der Waals surface area contributed by atoms with Gasteiger partial charge in [-0.25, -0.2) is 9.18 Å². The highest BCUT2D eigenvalue weighted by atomic mass is 19.1. The van der Waals surface area contributed by atoms with E-state index < -0.39 is 11.8 Å². The van der Waals surface area contributed by atoms with Crippen LogP contribution in [0.25, 0.3) is 0 Å². The zero-order valence-corrected chi connectivity index (χ0v) is 10.5. The number of halogens is 1. The van der Waals surface area contributed by atoms with Crippen LogP contribution in [0.5, 0.6) is 0 Å². The lowest BCUT2D eigenvalue weighted by molar-refractivity contribution is 0.0696. The molecule has 0 radical (unpaired) electrons. The molecule has 1 saturated carbocycles. The Morgan fingerprint density at radius 3 is 2.61 bits per heavy atom. The third-order valence-corrected chi connectivity index (χ3v) is 3.61. The first-order chi connectivity index (χ1) is 8.63. The van der Waals surface area contributed by atoms with Crippen LogP contribution in [-0.2, 0) is 0 Å². The number of carbonyl (C=O) groups is 1. The monoisotopic (exact) mass is 251 g/mol. The first-order valence-corrected chi connectivity index (χ1v) is 6.43. The molecule has 1 aliphatic rings. The van der Waals surface area contributed by atoms with Crippen molar-refractivity contribution in [2.75, 3.05) is 11.4 Å². The number of carboxylic acid groups (broad SMARTS) is 1. The molecule has 0 atom stereocenters. The molecule has 0 heterocycles. The summed E-state index contributed by atoms with van der Waals surface area (Å²) in [6, 6.07) is 4.55. The van der Waals surface area contributed by atoms with Gasteiger partial charge in [-0.2, -0.15) is 0 Å². The number of aromatic carboxylic acids is 1. The van der Waals surface area contributed by atoms with Crippen LogP contribution in [0.2, 0.25) is 0 Å². The fraction of sp³-hybridized carbons (Fsp3) is 0.500. The van der Waals surface area contributed by atoms with Gasteiger partial charge in [0.25, 0.3) is 0 Å². The van der Waals surface area contributed by atoms with Crippen LogP contribution in [0.3, 0.4) is 0 Å². The summed E-state index contributed by atoms with van der Waals surface area (Å²) in [5.41, 5.74) is 0.521. The van der Waals surface area contributed by atoms with Crippen molar-refractivity contribution in [2.45, 2.75) is 38.6 Å². The molecule has 4 heteroatoms. The lowest BCUT2D eigenvalue weighted by Gasteiger charge is -2.30. The molecule has 0 bridgehead atoms. The van der Waals surface area contributed by atoms with Gasteiger partial charge < -0.3 is 10.0 Å². The highest BCUT2D eigenvalue weighted by Gasteiger charge is 2.24. The van der Waals surface area contributed by atoms with Crippen molar-refractivity contribution in [2.24, 2.45) is 0 Å². The minimum absolute atomic E-state index is 0.00118. The van der Waals surface area contributed by atoms with E-state index in [4.69, 9.17) is 5.11 Å². The second kappa shape index (κ2) is 5.38. The number of nitrogens with zero attached hydrogens (tertiary/aromatic N) is 1. The summed E-state index contributed by atoms with van der Waals surface area (Å²) in [5, 5.41) is 8.83. The van der Waals surface area contributed by atoms with Crippen LogP contribution in [0.4, 0.5) is 10.1 Å². The van der Waals surface area contributed by atoms with Gasteiger partial charge in [-0.3, -0.25) is 0 Å². The molecule has 0 aliphatic heterocycles. The van der Waals surface area contributed by atoms with E-state index in [9.17, 15) is 9.18 Å². The van der Waals surface area contributed by atoms with E-state index in [0.29, 0.717) is 11.7 Å². The lowest BCUT2D eigenvalue weighted by atomic mass is 10.1. The average molecular weight is 251 g/mol. The van der Waals surface area contributed by atoms with Gasteiger partial charge in [-0.05, 0) is 38.0 Å². The molecule has 1 aromatic carbocycles. The van der Waals surface area contributed by atoms with Gasteiger partial charge >= 0.3 is 5.97 Å². The highest BCUT2D eigenvalue weighted by molar-refractivity contribution is 5.88. The van der Waals surface area contributed by atoms with E-state index in [2.05, 4.69) is 0 Å². The molecule has 18 heavy (non-hydrogen) atoms. The molecule has 1 fully saturated rings. The van der Waals surface area contributed by atoms with Crippen LogP contribution in [-0.4, -0.2) is 23.7 Å². The van der Waals surface area contributed by atoms with Crippen molar-refractivity contribution in [1.29, 1.82) is 0 Å². The Morgan fingerprint density at radius 1 is 1.44 bits per heavy atom. The number of rotatable bonds is 4. The standard InChI is InChI=1S/C14H18FNO2/c1-2-16(11-5-3-4-6-11)13-8-7-10(14(17)18)9-12(13)15/h7-9,11H,2-6H2,1H3,(H,17,18). The summed E-state index contributed by atoms with van der Waals surface area (Å²) in [6.45, 7) is 2.75. The molecule has 2 rings (SSSR count). The normalized spacial score (nSPS) is 15.9. The summed E-state index contributed by atoms with van der Waals surface area (Å²) < 4.78 is 14.0. The topological polar surface area (TPSA) is 40.5 Å².